The maximum Gasteiger partial charge on any atom is 0.0418 e. The summed E-state index contributed by atoms with van der Waals surface area (Å²) in [5, 5.41) is 0. The van der Waals surface area contributed by atoms with E-state index in [0.29, 0.717) is 5.41 Å². The first-order valence-corrected chi connectivity index (χ1v) is 6.28. The van der Waals surface area contributed by atoms with Gasteiger partial charge in [0.05, 0.1) is 0 Å². The topological polar surface area (TPSA) is 0 Å². The molecule has 84 valence electrons. The SMILES string of the molecule is CC(C)(C)C1CCC(C(C)(C)Cl)CC1. The van der Waals surface area contributed by atoms with Crippen LogP contribution in [-0.2, 0) is 0 Å². The van der Waals surface area contributed by atoms with Gasteiger partial charge in [0.15, 0.2) is 0 Å². The number of halogens is 1. The van der Waals surface area contributed by atoms with Crippen molar-refractivity contribution in [2.75, 3.05) is 0 Å². The predicted octanol–water partition coefficient (Wildman–Crippen LogP) is 4.86. The molecule has 1 rings (SSSR count). The maximum absolute atomic E-state index is 6.37. The molecule has 1 saturated carbocycles. The molecule has 0 radical (unpaired) electrons. The third-order valence-electron chi connectivity index (χ3n) is 3.92. The Kier molecular flexibility index (Phi) is 3.57. The second-order valence-corrected chi connectivity index (χ2v) is 7.45. The minimum atomic E-state index is 0.00283. The molecular formula is C13H25Cl. The molecule has 1 aliphatic rings. The van der Waals surface area contributed by atoms with Crippen LogP contribution in [0.5, 0.6) is 0 Å². The van der Waals surface area contributed by atoms with Gasteiger partial charge in [0, 0.05) is 4.87 Å². The molecule has 0 aromatic carbocycles. The van der Waals surface area contributed by atoms with Crippen molar-refractivity contribution in [1.82, 2.24) is 0 Å². The molecule has 0 aromatic heterocycles. The zero-order valence-corrected chi connectivity index (χ0v) is 11.1. The van der Waals surface area contributed by atoms with Gasteiger partial charge in [0.25, 0.3) is 0 Å². The summed E-state index contributed by atoms with van der Waals surface area (Å²) in [6.07, 6.45) is 5.37. The van der Waals surface area contributed by atoms with Crippen molar-refractivity contribution < 1.29 is 0 Å². The average Bonchev–Trinajstić information content (AvgIpc) is 2.01. The molecule has 0 aromatic rings. The van der Waals surface area contributed by atoms with E-state index in [4.69, 9.17) is 11.6 Å². The number of hydrogen-bond donors (Lipinski definition) is 0. The highest BCUT2D eigenvalue weighted by atomic mass is 35.5. The van der Waals surface area contributed by atoms with Gasteiger partial charge in [-0.05, 0) is 56.8 Å². The number of rotatable bonds is 1. The predicted molar refractivity (Wildman–Crippen MR) is 64.8 cm³/mol. The summed E-state index contributed by atoms with van der Waals surface area (Å²) in [5.74, 6) is 1.63. The Morgan fingerprint density at radius 3 is 1.43 bits per heavy atom. The average molecular weight is 217 g/mol. The lowest BCUT2D eigenvalue weighted by Gasteiger charge is -2.40. The van der Waals surface area contributed by atoms with Crippen molar-refractivity contribution in [2.24, 2.45) is 17.3 Å². The van der Waals surface area contributed by atoms with Crippen molar-refractivity contribution in [2.45, 2.75) is 65.2 Å². The van der Waals surface area contributed by atoms with E-state index in [1.807, 2.05) is 0 Å². The smallest absolute Gasteiger partial charge is 0.0418 e. The van der Waals surface area contributed by atoms with Crippen LogP contribution in [-0.4, -0.2) is 4.87 Å². The zero-order chi connectivity index (χ0) is 11.0. The molecule has 0 heterocycles. The van der Waals surface area contributed by atoms with Crippen molar-refractivity contribution in [3.8, 4) is 0 Å². The van der Waals surface area contributed by atoms with Gasteiger partial charge in [0.1, 0.15) is 0 Å². The molecule has 0 amide bonds. The first-order chi connectivity index (χ1) is 6.21. The third kappa shape index (κ3) is 3.15. The van der Waals surface area contributed by atoms with Crippen LogP contribution >= 0.6 is 11.6 Å². The van der Waals surface area contributed by atoms with Gasteiger partial charge < -0.3 is 0 Å². The second kappa shape index (κ2) is 4.04. The minimum Gasteiger partial charge on any atom is -0.120 e. The van der Waals surface area contributed by atoms with Crippen LogP contribution in [0.2, 0.25) is 0 Å². The molecule has 1 heteroatoms. The van der Waals surface area contributed by atoms with Crippen molar-refractivity contribution >= 4 is 11.6 Å². The van der Waals surface area contributed by atoms with E-state index in [0.717, 1.165) is 11.8 Å². The third-order valence-corrected chi connectivity index (χ3v) is 4.23. The Morgan fingerprint density at radius 2 is 1.14 bits per heavy atom. The van der Waals surface area contributed by atoms with Gasteiger partial charge in [-0.1, -0.05) is 20.8 Å². The molecule has 0 N–H and O–H groups in total. The van der Waals surface area contributed by atoms with Gasteiger partial charge in [-0.15, -0.1) is 11.6 Å². The summed E-state index contributed by atoms with van der Waals surface area (Å²) < 4.78 is 0. The van der Waals surface area contributed by atoms with E-state index in [1.54, 1.807) is 0 Å². The molecular weight excluding hydrogens is 192 g/mol. The fourth-order valence-electron chi connectivity index (χ4n) is 2.65. The molecule has 0 atom stereocenters. The standard InChI is InChI=1S/C13H25Cl/c1-12(2,3)10-6-8-11(9-7-10)13(4,5)14/h10-11H,6-9H2,1-5H3. The van der Waals surface area contributed by atoms with Crippen LogP contribution in [0.4, 0.5) is 0 Å². The summed E-state index contributed by atoms with van der Waals surface area (Å²) in [7, 11) is 0. The summed E-state index contributed by atoms with van der Waals surface area (Å²) in [4.78, 5) is 0.00283. The Hall–Kier alpha value is 0.290. The van der Waals surface area contributed by atoms with Crippen molar-refractivity contribution in [3.63, 3.8) is 0 Å². The first-order valence-electron chi connectivity index (χ1n) is 5.90. The van der Waals surface area contributed by atoms with Crippen LogP contribution in [0.3, 0.4) is 0 Å². The van der Waals surface area contributed by atoms with Crippen molar-refractivity contribution in [1.29, 1.82) is 0 Å². The lowest BCUT2D eigenvalue weighted by molar-refractivity contribution is 0.137. The van der Waals surface area contributed by atoms with E-state index >= 15 is 0 Å². The molecule has 0 aliphatic heterocycles. The van der Waals surface area contributed by atoms with Crippen LogP contribution in [0, 0.1) is 17.3 Å². The molecule has 14 heavy (non-hydrogen) atoms. The number of hydrogen-bond acceptors (Lipinski definition) is 0. The minimum absolute atomic E-state index is 0.00283. The molecule has 1 aliphatic carbocycles. The van der Waals surface area contributed by atoms with Gasteiger partial charge in [0.2, 0.25) is 0 Å². The molecule has 1 fully saturated rings. The molecule has 0 bridgehead atoms. The van der Waals surface area contributed by atoms with Gasteiger partial charge in [-0.2, -0.15) is 0 Å². The lowest BCUT2D eigenvalue weighted by atomic mass is 9.68. The van der Waals surface area contributed by atoms with Crippen LogP contribution in [0.25, 0.3) is 0 Å². The number of alkyl halides is 1. The summed E-state index contributed by atoms with van der Waals surface area (Å²) in [5.41, 5.74) is 0.488. The fourth-order valence-corrected chi connectivity index (χ4v) is 2.86. The van der Waals surface area contributed by atoms with E-state index in [-0.39, 0.29) is 4.87 Å². The maximum atomic E-state index is 6.37. The fraction of sp³-hybridized carbons (Fsp3) is 1.00. The summed E-state index contributed by atoms with van der Waals surface area (Å²) in [6, 6.07) is 0. The van der Waals surface area contributed by atoms with Crippen molar-refractivity contribution in [3.05, 3.63) is 0 Å². The molecule has 0 nitrogen and oxygen atoms in total. The monoisotopic (exact) mass is 216 g/mol. The Morgan fingerprint density at radius 1 is 0.786 bits per heavy atom. The largest absolute Gasteiger partial charge is 0.120 e. The molecule has 0 spiro atoms. The van der Waals surface area contributed by atoms with Gasteiger partial charge in [-0.25, -0.2) is 0 Å². The molecule has 0 unspecified atom stereocenters. The quantitative estimate of drug-likeness (QED) is 0.550. The van der Waals surface area contributed by atoms with Gasteiger partial charge in [-0.3, -0.25) is 0 Å². The van der Waals surface area contributed by atoms with Crippen LogP contribution in [0.1, 0.15) is 60.3 Å². The van der Waals surface area contributed by atoms with E-state index in [2.05, 4.69) is 34.6 Å². The Labute approximate surface area is 94.4 Å². The normalized spacial score (nSPS) is 30.4. The Balaban J connectivity index is 2.47. The van der Waals surface area contributed by atoms with Crippen LogP contribution < -0.4 is 0 Å². The van der Waals surface area contributed by atoms with Gasteiger partial charge >= 0.3 is 0 Å². The van der Waals surface area contributed by atoms with E-state index in [9.17, 15) is 0 Å². The summed E-state index contributed by atoms with van der Waals surface area (Å²) in [6.45, 7) is 11.4. The first kappa shape index (κ1) is 12.4. The second-order valence-electron chi connectivity index (χ2n) is 6.48. The van der Waals surface area contributed by atoms with E-state index < -0.39 is 0 Å². The highest BCUT2D eigenvalue weighted by Gasteiger charge is 2.35. The highest BCUT2D eigenvalue weighted by Crippen LogP contribution is 2.44. The lowest BCUT2D eigenvalue weighted by Crippen LogP contribution is -2.32. The Bertz CT molecular complexity index is 152. The van der Waals surface area contributed by atoms with E-state index in [1.165, 1.54) is 25.7 Å². The van der Waals surface area contributed by atoms with Crippen LogP contribution in [0.15, 0.2) is 0 Å². The summed E-state index contributed by atoms with van der Waals surface area (Å²) >= 11 is 6.37. The molecule has 0 saturated heterocycles. The highest BCUT2D eigenvalue weighted by molar-refractivity contribution is 6.23. The zero-order valence-electron chi connectivity index (χ0n) is 10.4.